The highest BCUT2D eigenvalue weighted by Gasteiger charge is 2.18. The Morgan fingerprint density at radius 2 is 2.11 bits per heavy atom. The number of thiophene rings is 1. The van der Waals surface area contributed by atoms with E-state index < -0.39 is 21.9 Å². The van der Waals surface area contributed by atoms with Gasteiger partial charge in [-0.3, -0.25) is 4.79 Å². The highest BCUT2D eigenvalue weighted by Crippen LogP contribution is 2.21. The molecule has 0 fully saturated rings. The number of rotatable bonds is 8. The number of carboxylic acids is 1. The summed E-state index contributed by atoms with van der Waals surface area (Å²) in [7, 11) is -3.76. The van der Waals surface area contributed by atoms with E-state index >= 15 is 0 Å². The van der Waals surface area contributed by atoms with Gasteiger partial charge in [-0.2, -0.15) is 0 Å². The van der Waals surface area contributed by atoms with Crippen molar-refractivity contribution < 1.29 is 27.9 Å². The summed E-state index contributed by atoms with van der Waals surface area (Å²) in [4.78, 5) is 20.9. The zero-order valence-electron chi connectivity index (χ0n) is 9.66. The lowest BCUT2D eigenvalue weighted by Crippen LogP contribution is -2.28. The molecule has 0 aromatic carbocycles. The van der Waals surface area contributed by atoms with Gasteiger partial charge >= 0.3 is 5.97 Å². The molecule has 1 aromatic heterocycles. The van der Waals surface area contributed by atoms with Crippen molar-refractivity contribution in [2.24, 2.45) is 5.73 Å². The van der Waals surface area contributed by atoms with Crippen LogP contribution in [0.25, 0.3) is 0 Å². The molecule has 0 bridgehead atoms. The molecule has 0 aliphatic carbocycles. The van der Waals surface area contributed by atoms with Gasteiger partial charge in [-0.1, -0.05) is 0 Å². The Bertz CT molecular complexity index is 565. The van der Waals surface area contributed by atoms with Gasteiger partial charge in [-0.15, -0.1) is 11.3 Å². The van der Waals surface area contributed by atoms with Crippen LogP contribution in [0.2, 0.25) is 0 Å². The number of sulfonamides is 1. The van der Waals surface area contributed by atoms with E-state index in [1.807, 2.05) is 0 Å². The third-order valence-corrected chi connectivity index (χ3v) is 4.87. The predicted molar refractivity (Wildman–Crippen MR) is 66.5 cm³/mol. The van der Waals surface area contributed by atoms with Crippen LogP contribution >= 0.6 is 11.3 Å². The quantitative estimate of drug-likeness (QED) is 0.539. The Kier molecular flexibility index (Phi) is 5.42. The van der Waals surface area contributed by atoms with Crippen molar-refractivity contribution in [3.8, 4) is 0 Å². The standard InChI is InChI=1S/C9H12N2O6S2/c10-7(12)5-17-4-3-11-19(15,16)8-2-1-6(18-8)9(13)14/h1-2,11H,3-5H2,(H2,10,12)(H,13,14). The fourth-order valence-corrected chi connectivity index (χ4v) is 3.27. The van der Waals surface area contributed by atoms with Crippen LogP contribution < -0.4 is 10.5 Å². The van der Waals surface area contributed by atoms with Gasteiger partial charge in [0, 0.05) is 6.54 Å². The Hall–Kier alpha value is -1.49. The van der Waals surface area contributed by atoms with E-state index in [1.54, 1.807) is 0 Å². The van der Waals surface area contributed by atoms with Crippen LogP contribution in [0.3, 0.4) is 0 Å². The number of carboxylic acid groups (broad SMARTS) is 1. The second kappa shape index (κ2) is 6.61. The van der Waals surface area contributed by atoms with Crippen LogP contribution in [-0.2, 0) is 19.6 Å². The largest absolute Gasteiger partial charge is 0.477 e. The number of amides is 1. The van der Waals surface area contributed by atoms with E-state index in [1.165, 1.54) is 12.1 Å². The van der Waals surface area contributed by atoms with Gasteiger partial charge < -0.3 is 15.6 Å². The summed E-state index contributed by atoms with van der Waals surface area (Å²) >= 11 is 0.652. The lowest BCUT2D eigenvalue weighted by molar-refractivity contribution is -0.122. The fraction of sp³-hybridized carbons (Fsp3) is 0.333. The number of carbonyl (C=O) groups is 2. The SMILES string of the molecule is NC(=O)COCCNS(=O)(=O)c1ccc(C(=O)O)s1. The molecule has 19 heavy (non-hydrogen) atoms. The van der Waals surface area contributed by atoms with Crippen molar-refractivity contribution in [1.82, 2.24) is 4.72 Å². The molecule has 1 aromatic rings. The predicted octanol–water partition coefficient (Wildman–Crippen LogP) is -0.773. The lowest BCUT2D eigenvalue weighted by Gasteiger charge is -2.04. The third kappa shape index (κ3) is 4.95. The summed E-state index contributed by atoms with van der Waals surface area (Å²) in [5, 5.41) is 8.69. The first-order chi connectivity index (χ1) is 8.83. The number of carbonyl (C=O) groups excluding carboxylic acids is 1. The van der Waals surface area contributed by atoms with Gasteiger partial charge in [0.05, 0.1) is 6.61 Å². The van der Waals surface area contributed by atoms with Crippen LogP contribution in [0.4, 0.5) is 0 Å². The monoisotopic (exact) mass is 308 g/mol. The first kappa shape index (κ1) is 15.6. The van der Waals surface area contributed by atoms with Crippen LogP contribution in [0.5, 0.6) is 0 Å². The first-order valence-corrected chi connectivity index (χ1v) is 7.32. The summed E-state index contributed by atoms with van der Waals surface area (Å²) in [6, 6.07) is 2.42. The van der Waals surface area contributed by atoms with E-state index in [-0.39, 0.29) is 28.8 Å². The molecule has 0 unspecified atom stereocenters. The van der Waals surface area contributed by atoms with Crippen LogP contribution in [-0.4, -0.2) is 45.2 Å². The molecule has 10 heteroatoms. The summed E-state index contributed by atoms with van der Waals surface area (Å²) < 4.78 is 30.3. The molecule has 0 radical (unpaired) electrons. The van der Waals surface area contributed by atoms with Gasteiger partial charge in [0.15, 0.2) is 0 Å². The Labute approximate surface area is 113 Å². The number of aromatic carboxylic acids is 1. The molecule has 4 N–H and O–H groups in total. The normalized spacial score (nSPS) is 11.4. The minimum absolute atomic E-state index is 0.0146. The zero-order valence-corrected chi connectivity index (χ0v) is 11.3. The Morgan fingerprint density at radius 1 is 1.42 bits per heavy atom. The van der Waals surface area contributed by atoms with Gasteiger partial charge in [0.25, 0.3) is 0 Å². The fourth-order valence-electron chi connectivity index (χ4n) is 1.07. The number of hydrogen-bond donors (Lipinski definition) is 3. The van der Waals surface area contributed by atoms with E-state index in [2.05, 4.69) is 4.72 Å². The molecule has 1 heterocycles. The van der Waals surface area contributed by atoms with Gasteiger partial charge in [0.1, 0.15) is 15.7 Å². The van der Waals surface area contributed by atoms with Crippen molar-refractivity contribution in [1.29, 1.82) is 0 Å². The van der Waals surface area contributed by atoms with Crippen LogP contribution in [0, 0.1) is 0 Å². The molecule has 0 aliphatic heterocycles. The molecule has 1 rings (SSSR count). The second-order valence-electron chi connectivity index (χ2n) is 3.34. The van der Waals surface area contributed by atoms with Crippen molar-refractivity contribution in [3.05, 3.63) is 17.0 Å². The average Bonchev–Trinajstić information content (AvgIpc) is 2.77. The van der Waals surface area contributed by atoms with E-state index in [4.69, 9.17) is 15.6 Å². The highest BCUT2D eigenvalue weighted by molar-refractivity contribution is 7.91. The van der Waals surface area contributed by atoms with E-state index in [9.17, 15) is 18.0 Å². The van der Waals surface area contributed by atoms with Crippen molar-refractivity contribution in [2.75, 3.05) is 19.8 Å². The second-order valence-corrected chi connectivity index (χ2v) is 6.42. The number of nitrogens with two attached hydrogens (primary N) is 1. The summed E-state index contributed by atoms with van der Waals surface area (Å²) in [6.07, 6.45) is 0. The van der Waals surface area contributed by atoms with Crippen molar-refractivity contribution >= 4 is 33.2 Å². The van der Waals surface area contributed by atoms with Gasteiger partial charge in [0.2, 0.25) is 15.9 Å². The zero-order chi connectivity index (χ0) is 14.5. The number of primary amides is 1. The Balaban J connectivity index is 2.51. The number of hydrogen-bond acceptors (Lipinski definition) is 6. The van der Waals surface area contributed by atoms with E-state index in [0.29, 0.717) is 11.3 Å². The topological polar surface area (TPSA) is 136 Å². The smallest absolute Gasteiger partial charge is 0.345 e. The number of ether oxygens (including phenoxy) is 1. The van der Waals surface area contributed by atoms with Gasteiger partial charge in [-0.25, -0.2) is 17.9 Å². The summed E-state index contributed by atoms with van der Waals surface area (Å²) in [6.45, 7) is -0.348. The average molecular weight is 308 g/mol. The lowest BCUT2D eigenvalue weighted by atomic mass is 10.5. The molecule has 0 spiro atoms. The van der Waals surface area contributed by atoms with Crippen molar-refractivity contribution in [2.45, 2.75) is 4.21 Å². The maximum absolute atomic E-state index is 11.7. The van der Waals surface area contributed by atoms with Crippen LogP contribution in [0.15, 0.2) is 16.3 Å². The van der Waals surface area contributed by atoms with Gasteiger partial charge in [-0.05, 0) is 12.1 Å². The van der Waals surface area contributed by atoms with Crippen LogP contribution in [0.1, 0.15) is 9.67 Å². The molecule has 106 valence electrons. The number of nitrogens with one attached hydrogen (secondary N) is 1. The minimum Gasteiger partial charge on any atom is -0.477 e. The van der Waals surface area contributed by atoms with E-state index in [0.717, 1.165) is 0 Å². The summed E-state index contributed by atoms with van der Waals surface area (Å²) in [5.41, 5.74) is 4.83. The maximum atomic E-state index is 11.7. The maximum Gasteiger partial charge on any atom is 0.345 e. The highest BCUT2D eigenvalue weighted by atomic mass is 32.2. The van der Waals surface area contributed by atoms with Crippen molar-refractivity contribution in [3.63, 3.8) is 0 Å². The first-order valence-electron chi connectivity index (χ1n) is 5.02. The molecule has 0 saturated carbocycles. The molecule has 0 atom stereocenters. The molecular formula is C9H12N2O6S2. The Morgan fingerprint density at radius 3 is 2.63 bits per heavy atom. The molecular weight excluding hydrogens is 296 g/mol. The molecule has 0 aliphatic rings. The third-order valence-electron chi connectivity index (χ3n) is 1.84. The molecule has 1 amide bonds. The summed E-state index contributed by atoms with van der Waals surface area (Å²) in [5.74, 6) is -1.83. The molecule has 0 saturated heterocycles. The minimum atomic E-state index is -3.76. The molecule has 8 nitrogen and oxygen atoms in total.